The smallest absolute Gasteiger partial charge is 0.115 e. The lowest BCUT2D eigenvalue weighted by molar-refractivity contribution is 0.439. The van der Waals surface area contributed by atoms with Crippen molar-refractivity contribution in [2.24, 2.45) is 12.8 Å². The molecule has 1 aliphatic heterocycles. The van der Waals surface area contributed by atoms with E-state index in [1.165, 1.54) is 16.7 Å². The van der Waals surface area contributed by atoms with Gasteiger partial charge in [-0.1, -0.05) is 49.4 Å². The fourth-order valence-corrected chi connectivity index (χ4v) is 4.04. The summed E-state index contributed by atoms with van der Waals surface area (Å²) in [6.45, 7) is 2.18. The van der Waals surface area contributed by atoms with Crippen LogP contribution in [-0.4, -0.2) is 9.55 Å². The van der Waals surface area contributed by atoms with Crippen LogP contribution in [0.15, 0.2) is 60.9 Å². The Balaban J connectivity index is 1.89. The first-order chi connectivity index (χ1) is 12.2. The van der Waals surface area contributed by atoms with Gasteiger partial charge in [0, 0.05) is 31.2 Å². The molecule has 128 valence electrons. The Morgan fingerprint density at radius 2 is 1.92 bits per heavy atom. The molecule has 4 heteroatoms. The van der Waals surface area contributed by atoms with Crippen LogP contribution in [0.3, 0.4) is 0 Å². The molecule has 25 heavy (non-hydrogen) atoms. The Kier molecular flexibility index (Phi) is 4.06. The summed E-state index contributed by atoms with van der Waals surface area (Å²) in [6, 6.07) is 17.0. The van der Waals surface area contributed by atoms with Gasteiger partial charge in [0.05, 0.1) is 12.0 Å². The zero-order valence-corrected chi connectivity index (χ0v) is 14.7. The number of imidazole rings is 1. The standard InChI is InChI=1S/C21H24N4/c1-3-14-10-7-11-16-17(14)19(22)18(21-23-12-13-25(21)2)20(24-16)15-8-5-4-6-9-15/h4-13,18-20,24H,3,22H2,1-2H3. The third-order valence-corrected chi connectivity index (χ3v) is 5.28. The summed E-state index contributed by atoms with van der Waals surface area (Å²) in [6.07, 6.45) is 4.82. The van der Waals surface area contributed by atoms with Crippen molar-refractivity contribution in [1.29, 1.82) is 0 Å². The SMILES string of the molecule is CCc1cccc2c1C(N)C(c1nccn1C)C(c1ccccc1)N2. The van der Waals surface area contributed by atoms with Crippen molar-refractivity contribution < 1.29 is 0 Å². The fraction of sp³-hybridized carbons (Fsp3) is 0.286. The van der Waals surface area contributed by atoms with Crippen molar-refractivity contribution in [3.63, 3.8) is 0 Å². The Hall–Kier alpha value is -2.59. The number of aromatic nitrogens is 2. The molecule has 3 atom stereocenters. The minimum absolute atomic E-state index is 0.0719. The molecule has 0 saturated carbocycles. The molecule has 0 aliphatic carbocycles. The number of nitrogens with two attached hydrogens (primary N) is 1. The quantitative estimate of drug-likeness (QED) is 0.764. The minimum Gasteiger partial charge on any atom is -0.377 e. The van der Waals surface area contributed by atoms with Crippen LogP contribution in [0.25, 0.3) is 0 Å². The lowest BCUT2D eigenvalue weighted by Gasteiger charge is -2.40. The van der Waals surface area contributed by atoms with E-state index in [1.807, 2.05) is 25.5 Å². The maximum atomic E-state index is 6.86. The van der Waals surface area contributed by atoms with Gasteiger partial charge in [-0.3, -0.25) is 0 Å². The second kappa shape index (κ2) is 6.37. The van der Waals surface area contributed by atoms with E-state index in [-0.39, 0.29) is 18.0 Å². The predicted octanol–water partition coefficient (Wildman–Crippen LogP) is 3.93. The highest BCUT2D eigenvalue weighted by Crippen LogP contribution is 2.48. The summed E-state index contributed by atoms with van der Waals surface area (Å²) in [5.74, 6) is 1.09. The Bertz CT molecular complexity index is 869. The summed E-state index contributed by atoms with van der Waals surface area (Å²) in [5, 5.41) is 3.75. The summed E-state index contributed by atoms with van der Waals surface area (Å²) in [5.41, 5.74) is 11.8. The van der Waals surface area contributed by atoms with Crippen molar-refractivity contribution in [3.8, 4) is 0 Å². The van der Waals surface area contributed by atoms with Gasteiger partial charge in [0.1, 0.15) is 5.82 Å². The second-order valence-corrected chi connectivity index (χ2v) is 6.71. The largest absolute Gasteiger partial charge is 0.377 e. The van der Waals surface area contributed by atoms with Gasteiger partial charge in [0.2, 0.25) is 0 Å². The van der Waals surface area contributed by atoms with Crippen LogP contribution in [0.4, 0.5) is 5.69 Å². The average Bonchev–Trinajstić information content (AvgIpc) is 3.07. The van der Waals surface area contributed by atoms with Gasteiger partial charge < -0.3 is 15.6 Å². The van der Waals surface area contributed by atoms with E-state index >= 15 is 0 Å². The number of benzene rings is 2. The summed E-state index contributed by atoms with van der Waals surface area (Å²) in [4.78, 5) is 4.64. The van der Waals surface area contributed by atoms with E-state index < -0.39 is 0 Å². The Morgan fingerprint density at radius 3 is 2.60 bits per heavy atom. The summed E-state index contributed by atoms with van der Waals surface area (Å²) >= 11 is 0. The molecule has 0 saturated heterocycles. The lowest BCUT2D eigenvalue weighted by atomic mass is 9.77. The molecule has 0 spiro atoms. The van der Waals surface area contributed by atoms with Crippen LogP contribution in [0.5, 0.6) is 0 Å². The molecular formula is C21H24N4. The molecule has 2 aromatic carbocycles. The van der Waals surface area contributed by atoms with Gasteiger partial charge in [-0.2, -0.15) is 0 Å². The molecule has 1 aromatic heterocycles. The molecule has 3 unspecified atom stereocenters. The third-order valence-electron chi connectivity index (χ3n) is 5.28. The van der Waals surface area contributed by atoms with Gasteiger partial charge in [-0.15, -0.1) is 0 Å². The highest BCUT2D eigenvalue weighted by atomic mass is 15.1. The predicted molar refractivity (Wildman–Crippen MR) is 102 cm³/mol. The molecule has 2 heterocycles. The third kappa shape index (κ3) is 2.63. The van der Waals surface area contributed by atoms with Crippen LogP contribution < -0.4 is 11.1 Å². The Morgan fingerprint density at radius 1 is 1.12 bits per heavy atom. The Labute approximate surface area is 148 Å². The van der Waals surface area contributed by atoms with Gasteiger partial charge in [0.15, 0.2) is 0 Å². The number of nitrogens with zero attached hydrogens (tertiary/aromatic N) is 2. The summed E-state index contributed by atoms with van der Waals surface area (Å²) in [7, 11) is 2.04. The van der Waals surface area contributed by atoms with Crippen molar-refractivity contribution in [1.82, 2.24) is 9.55 Å². The number of rotatable bonds is 3. The number of hydrogen-bond donors (Lipinski definition) is 2. The van der Waals surface area contributed by atoms with E-state index in [2.05, 4.69) is 64.3 Å². The monoisotopic (exact) mass is 332 g/mol. The topological polar surface area (TPSA) is 55.9 Å². The van der Waals surface area contributed by atoms with Crippen LogP contribution in [0.2, 0.25) is 0 Å². The lowest BCUT2D eigenvalue weighted by Crippen LogP contribution is -2.36. The molecule has 0 radical (unpaired) electrons. The van der Waals surface area contributed by atoms with Gasteiger partial charge in [0.25, 0.3) is 0 Å². The average molecular weight is 332 g/mol. The molecular weight excluding hydrogens is 308 g/mol. The highest BCUT2D eigenvalue weighted by Gasteiger charge is 2.39. The molecule has 3 N–H and O–H groups in total. The van der Waals surface area contributed by atoms with Gasteiger partial charge >= 0.3 is 0 Å². The number of fused-ring (bicyclic) bond motifs is 1. The molecule has 0 bridgehead atoms. The molecule has 0 amide bonds. The fourth-order valence-electron chi connectivity index (χ4n) is 4.04. The first-order valence-electron chi connectivity index (χ1n) is 8.86. The van der Waals surface area contributed by atoms with E-state index in [4.69, 9.17) is 5.73 Å². The van der Waals surface area contributed by atoms with Crippen molar-refractivity contribution >= 4 is 5.69 Å². The van der Waals surface area contributed by atoms with Crippen LogP contribution in [0, 0.1) is 0 Å². The first kappa shape index (κ1) is 15.9. The number of anilines is 1. The van der Waals surface area contributed by atoms with Crippen LogP contribution in [-0.2, 0) is 13.5 Å². The highest BCUT2D eigenvalue weighted by molar-refractivity contribution is 5.61. The van der Waals surface area contributed by atoms with E-state index in [0.717, 1.165) is 17.9 Å². The first-order valence-corrected chi connectivity index (χ1v) is 8.86. The van der Waals surface area contributed by atoms with Gasteiger partial charge in [-0.25, -0.2) is 4.98 Å². The molecule has 0 fully saturated rings. The number of nitrogens with one attached hydrogen (secondary N) is 1. The molecule has 4 rings (SSSR count). The maximum absolute atomic E-state index is 6.86. The maximum Gasteiger partial charge on any atom is 0.115 e. The number of hydrogen-bond acceptors (Lipinski definition) is 3. The van der Waals surface area contributed by atoms with Crippen LogP contribution in [0.1, 0.15) is 47.4 Å². The van der Waals surface area contributed by atoms with Gasteiger partial charge in [-0.05, 0) is 29.2 Å². The zero-order chi connectivity index (χ0) is 17.4. The second-order valence-electron chi connectivity index (χ2n) is 6.71. The normalized spacial score (nSPS) is 22.3. The van der Waals surface area contributed by atoms with Crippen molar-refractivity contribution in [3.05, 3.63) is 83.4 Å². The summed E-state index contributed by atoms with van der Waals surface area (Å²) < 4.78 is 2.09. The molecule has 1 aliphatic rings. The zero-order valence-electron chi connectivity index (χ0n) is 14.7. The van der Waals surface area contributed by atoms with Crippen LogP contribution >= 0.6 is 0 Å². The van der Waals surface area contributed by atoms with E-state index in [0.29, 0.717) is 0 Å². The van der Waals surface area contributed by atoms with E-state index in [1.54, 1.807) is 0 Å². The minimum atomic E-state index is -0.0984. The van der Waals surface area contributed by atoms with Crippen molar-refractivity contribution in [2.45, 2.75) is 31.3 Å². The molecule has 3 aromatic rings. The number of aryl methyl sites for hydroxylation is 2. The molecule has 4 nitrogen and oxygen atoms in total. The van der Waals surface area contributed by atoms with E-state index in [9.17, 15) is 0 Å². The van der Waals surface area contributed by atoms with Crippen molar-refractivity contribution in [2.75, 3.05) is 5.32 Å².